The highest BCUT2D eigenvalue weighted by atomic mass is 16.1. The topological polar surface area (TPSA) is 29.1 Å². The molecule has 0 radical (unpaired) electrons. The van der Waals surface area contributed by atoms with E-state index in [9.17, 15) is 4.79 Å². The first-order valence-electron chi connectivity index (χ1n) is 7.67. The summed E-state index contributed by atoms with van der Waals surface area (Å²) >= 11 is 0. The Labute approximate surface area is 129 Å². The van der Waals surface area contributed by atoms with E-state index in [-0.39, 0.29) is 5.91 Å². The van der Waals surface area contributed by atoms with E-state index >= 15 is 0 Å². The van der Waals surface area contributed by atoms with Crippen LogP contribution >= 0.6 is 0 Å². The normalized spacial score (nSPS) is 11.1. The number of rotatable bonds is 8. The van der Waals surface area contributed by atoms with E-state index in [4.69, 9.17) is 0 Å². The lowest BCUT2D eigenvalue weighted by molar-refractivity contribution is -0.120. The van der Waals surface area contributed by atoms with Crippen LogP contribution in [0.5, 0.6) is 0 Å². The van der Waals surface area contributed by atoms with Crippen LogP contribution in [0.1, 0.15) is 45.6 Å². The third-order valence-corrected chi connectivity index (χ3v) is 3.32. The van der Waals surface area contributed by atoms with Crippen LogP contribution in [0.15, 0.2) is 53.6 Å². The summed E-state index contributed by atoms with van der Waals surface area (Å²) in [6.07, 6.45) is 7.84. The van der Waals surface area contributed by atoms with Crippen LogP contribution in [0.2, 0.25) is 0 Å². The van der Waals surface area contributed by atoms with Crippen molar-refractivity contribution in [2.45, 2.75) is 46.5 Å². The summed E-state index contributed by atoms with van der Waals surface area (Å²) in [5, 5.41) is 2.95. The van der Waals surface area contributed by atoms with Gasteiger partial charge in [-0.15, -0.1) is 0 Å². The number of hydrogen-bond donors (Lipinski definition) is 1. The van der Waals surface area contributed by atoms with Crippen LogP contribution in [-0.2, 0) is 11.2 Å². The number of carbonyl (C=O) groups is 1. The fourth-order valence-corrected chi connectivity index (χ4v) is 2.02. The quantitative estimate of drug-likeness (QED) is 0.703. The van der Waals surface area contributed by atoms with Gasteiger partial charge in [-0.25, -0.2) is 0 Å². The number of benzene rings is 1. The first kappa shape index (κ1) is 17.2. The smallest absolute Gasteiger partial charge is 0.220 e. The minimum absolute atomic E-state index is 0.118. The zero-order chi connectivity index (χ0) is 15.5. The molecule has 0 aliphatic rings. The van der Waals surface area contributed by atoms with Crippen LogP contribution in [0.25, 0.3) is 0 Å². The molecule has 21 heavy (non-hydrogen) atoms. The number of nitrogens with one attached hydrogen (secondary N) is 1. The van der Waals surface area contributed by atoms with Crippen LogP contribution in [0.4, 0.5) is 0 Å². The minimum Gasteiger partial charge on any atom is -0.353 e. The molecule has 0 unspecified atom stereocenters. The molecule has 1 amide bonds. The molecule has 0 fully saturated rings. The average molecular weight is 285 g/mol. The molecule has 2 nitrogen and oxygen atoms in total. The van der Waals surface area contributed by atoms with E-state index < -0.39 is 0 Å². The lowest BCUT2D eigenvalue weighted by Gasteiger charge is -2.04. The standard InChI is InChI=1S/C19H27NO/c1-16(2)8-7-9-17(3)14-15-20-19(21)13-12-18-10-5-4-6-11-18/h4-6,8,10-11,14H,7,9,12-13,15H2,1-3H3,(H,20,21)/b17-14-. The van der Waals surface area contributed by atoms with Gasteiger partial charge in [-0.2, -0.15) is 0 Å². The Hall–Kier alpha value is -1.83. The molecule has 1 aromatic carbocycles. The van der Waals surface area contributed by atoms with Gasteiger partial charge >= 0.3 is 0 Å². The maximum absolute atomic E-state index is 11.8. The molecule has 0 aliphatic heterocycles. The summed E-state index contributed by atoms with van der Waals surface area (Å²) in [5.74, 6) is 0.118. The molecule has 0 saturated carbocycles. The van der Waals surface area contributed by atoms with Crippen LogP contribution < -0.4 is 5.32 Å². The van der Waals surface area contributed by atoms with E-state index in [0.29, 0.717) is 13.0 Å². The number of aryl methyl sites for hydroxylation is 1. The van der Waals surface area contributed by atoms with Crippen LogP contribution in [0, 0.1) is 0 Å². The van der Waals surface area contributed by atoms with Crippen LogP contribution in [-0.4, -0.2) is 12.5 Å². The minimum atomic E-state index is 0.118. The largest absolute Gasteiger partial charge is 0.353 e. The van der Waals surface area contributed by atoms with Gasteiger partial charge in [0, 0.05) is 13.0 Å². The summed E-state index contributed by atoms with van der Waals surface area (Å²) in [6, 6.07) is 10.1. The van der Waals surface area contributed by atoms with Crippen molar-refractivity contribution in [2.75, 3.05) is 6.54 Å². The molecule has 1 N–H and O–H groups in total. The fraction of sp³-hybridized carbons (Fsp3) is 0.421. The number of allylic oxidation sites excluding steroid dienone is 3. The van der Waals surface area contributed by atoms with Crippen molar-refractivity contribution >= 4 is 5.91 Å². The molecule has 0 bridgehead atoms. The summed E-state index contributed by atoms with van der Waals surface area (Å²) in [4.78, 5) is 11.8. The van der Waals surface area contributed by atoms with Gasteiger partial charge in [0.05, 0.1) is 0 Å². The van der Waals surface area contributed by atoms with Crippen molar-refractivity contribution in [3.63, 3.8) is 0 Å². The highest BCUT2D eigenvalue weighted by molar-refractivity contribution is 5.76. The monoisotopic (exact) mass is 285 g/mol. The molecule has 1 aromatic rings. The Bertz CT molecular complexity index is 482. The summed E-state index contributed by atoms with van der Waals surface area (Å²) < 4.78 is 0. The van der Waals surface area contributed by atoms with Gasteiger partial charge < -0.3 is 5.32 Å². The van der Waals surface area contributed by atoms with Gasteiger partial charge in [-0.1, -0.05) is 53.6 Å². The van der Waals surface area contributed by atoms with E-state index in [1.165, 1.54) is 16.7 Å². The van der Waals surface area contributed by atoms with Gasteiger partial charge in [0.1, 0.15) is 0 Å². The number of hydrogen-bond acceptors (Lipinski definition) is 1. The molecule has 0 aliphatic carbocycles. The predicted molar refractivity (Wildman–Crippen MR) is 90.2 cm³/mol. The van der Waals surface area contributed by atoms with E-state index in [0.717, 1.165) is 19.3 Å². The second-order valence-electron chi connectivity index (χ2n) is 5.66. The molecule has 1 rings (SSSR count). The molecule has 0 saturated heterocycles. The van der Waals surface area contributed by atoms with Crippen molar-refractivity contribution in [2.24, 2.45) is 0 Å². The predicted octanol–water partition coefficient (Wildman–Crippen LogP) is 4.43. The zero-order valence-electron chi connectivity index (χ0n) is 13.5. The van der Waals surface area contributed by atoms with Gasteiger partial charge in [-0.3, -0.25) is 4.79 Å². The van der Waals surface area contributed by atoms with Gasteiger partial charge in [0.25, 0.3) is 0 Å². The highest BCUT2D eigenvalue weighted by Gasteiger charge is 2.00. The van der Waals surface area contributed by atoms with E-state index in [1.54, 1.807) is 0 Å². The zero-order valence-corrected chi connectivity index (χ0v) is 13.5. The molecule has 0 aromatic heterocycles. The summed E-state index contributed by atoms with van der Waals surface area (Å²) in [5.41, 5.74) is 3.90. The van der Waals surface area contributed by atoms with Crippen molar-refractivity contribution in [3.8, 4) is 0 Å². The Morgan fingerprint density at radius 2 is 1.76 bits per heavy atom. The van der Waals surface area contributed by atoms with E-state index in [1.807, 2.05) is 18.2 Å². The Morgan fingerprint density at radius 3 is 2.43 bits per heavy atom. The Kier molecular flexibility index (Phi) is 8.18. The molecule has 2 heteroatoms. The van der Waals surface area contributed by atoms with Gasteiger partial charge in [0.2, 0.25) is 5.91 Å². The second kappa shape index (κ2) is 9.98. The Morgan fingerprint density at radius 1 is 1.05 bits per heavy atom. The van der Waals surface area contributed by atoms with Crippen molar-refractivity contribution in [1.82, 2.24) is 5.32 Å². The van der Waals surface area contributed by atoms with E-state index in [2.05, 4.69) is 50.4 Å². The van der Waals surface area contributed by atoms with Crippen molar-refractivity contribution in [1.29, 1.82) is 0 Å². The molecule has 114 valence electrons. The number of carbonyl (C=O) groups excluding carboxylic acids is 1. The maximum atomic E-state index is 11.8. The maximum Gasteiger partial charge on any atom is 0.220 e. The average Bonchev–Trinajstić information content (AvgIpc) is 2.46. The molecule has 0 atom stereocenters. The van der Waals surface area contributed by atoms with Crippen molar-refractivity contribution in [3.05, 3.63) is 59.2 Å². The lowest BCUT2D eigenvalue weighted by atomic mass is 10.1. The molecular weight excluding hydrogens is 258 g/mol. The van der Waals surface area contributed by atoms with Gasteiger partial charge in [0.15, 0.2) is 0 Å². The third-order valence-electron chi connectivity index (χ3n) is 3.32. The number of amides is 1. The molecular formula is C19H27NO. The van der Waals surface area contributed by atoms with Crippen LogP contribution in [0.3, 0.4) is 0 Å². The Balaban J connectivity index is 2.19. The lowest BCUT2D eigenvalue weighted by Crippen LogP contribution is -2.23. The first-order valence-corrected chi connectivity index (χ1v) is 7.67. The first-order chi connectivity index (χ1) is 10.1. The summed E-state index contributed by atoms with van der Waals surface area (Å²) in [6.45, 7) is 6.99. The van der Waals surface area contributed by atoms with Gasteiger partial charge in [-0.05, 0) is 45.6 Å². The highest BCUT2D eigenvalue weighted by Crippen LogP contribution is 2.06. The fourth-order valence-electron chi connectivity index (χ4n) is 2.02. The van der Waals surface area contributed by atoms with Crippen molar-refractivity contribution < 1.29 is 4.79 Å². The second-order valence-corrected chi connectivity index (χ2v) is 5.66. The molecule has 0 spiro atoms. The SMILES string of the molecule is CC(C)=CCC/C(C)=C\CNC(=O)CCc1ccccc1. The molecule has 0 heterocycles. The third kappa shape index (κ3) is 8.85. The summed E-state index contributed by atoms with van der Waals surface area (Å²) in [7, 11) is 0.